The maximum absolute atomic E-state index is 12.4. The number of hydrogen-bond acceptors (Lipinski definition) is 3. The highest BCUT2D eigenvalue weighted by Gasteiger charge is 2.13. The smallest absolute Gasteiger partial charge is 0.238 e. The number of anilines is 1. The van der Waals surface area contributed by atoms with Gasteiger partial charge in [-0.1, -0.05) is 42.3 Å². The van der Waals surface area contributed by atoms with E-state index in [1.807, 2.05) is 45.0 Å². The normalized spacial score (nSPS) is 10.8. The van der Waals surface area contributed by atoms with Gasteiger partial charge >= 0.3 is 0 Å². The summed E-state index contributed by atoms with van der Waals surface area (Å²) in [6.45, 7) is 7.76. The van der Waals surface area contributed by atoms with Gasteiger partial charge in [0.15, 0.2) is 0 Å². The Bertz CT molecular complexity index is 746. The summed E-state index contributed by atoms with van der Waals surface area (Å²) in [7, 11) is 1.67. The van der Waals surface area contributed by atoms with Gasteiger partial charge in [0.05, 0.1) is 13.7 Å². The van der Waals surface area contributed by atoms with Crippen molar-refractivity contribution >= 4 is 23.2 Å². The molecule has 0 aliphatic carbocycles. The van der Waals surface area contributed by atoms with E-state index in [2.05, 4.69) is 16.3 Å². The van der Waals surface area contributed by atoms with Crippen LogP contribution in [0.2, 0.25) is 5.02 Å². The van der Waals surface area contributed by atoms with Crippen LogP contribution in [0.3, 0.4) is 0 Å². The molecule has 5 heteroatoms. The van der Waals surface area contributed by atoms with Crippen LogP contribution in [0.4, 0.5) is 5.69 Å². The molecule has 2 aromatic carbocycles. The summed E-state index contributed by atoms with van der Waals surface area (Å²) in [5, 5.41) is 3.55. The van der Waals surface area contributed by atoms with Gasteiger partial charge in [0.2, 0.25) is 5.91 Å². The Morgan fingerprint density at radius 2 is 1.96 bits per heavy atom. The van der Waals surface area contributed by atoms with Crippen molar-refractivity contribution in [2.75, 3.05) is 25.5 Å². The van der Waals surface area contributed by atoms with Crippen molar-refractivity contribution in [3.8, 4) is 5.75 Å². The number of hydrogen-bond donors (Lipinski definition) is 1. The van der Waals surface area contributed by atoms with Crippen molar-refractivity contribution in [2.45, 2.75) is 27.3 Å². The molecule has 0 saturated carbocycles. The number of nitrogens with one attached hydrogen (secondary N) is 1. The summed E-state index contributed by atoms with van der Waals surface area (Å²) in [5.41, 5.74) is 3.99. The van der Waals surface area contributed by atoms with Gasteiger partial charge in [-0.15, -0.1) is 0 Å². The maximum Gasteiger partial charge on any atom is 0.238 e. The zero-order valence-electron chi connectivity index (χ0n) is 15.2. The van der Waals surface area contributed by atoms with E-state index in [1.54, 1.807) is 13.2 Å². The minimum absolute atomic E-state index is 0.0566. The molecule has 0 spiro atoms. The second-order valence-corrected chi connectivity index (χ2v) is 6.56. The fraction of sp³-hybridized carbons (Fsp3) is 0.350. The largest absolute Gasteiger partial charge is 0.496 e. The zero-order chi connectivity index (χ0) is 18.4. The first-order valence-electron chi connectivity index (χ1n) is 8.34. The second-order valence-electron chi connectivity index (χ2n) is 6.13. The molecule has 0 saturated heterocycles. The Balaban J connectivity index is 2.05. The van der Waals surface area contributed by atoms with Gasteiger partial charge in [-0.3, -0.25) is 9.69 Å². The lowest BCUT2D eigenvalue weighted by Gasteiger charge is -2.22. The van der Waals surface area contributed by atoms with Gasteiger partial charge in [0, 0.05) is 22.8 Å². The van der Waals surface area contributed by atoms with Crippen LogP contribution in [0, 0.1) is 13.8 Å². The van der Waals surface area contributed by atoms with E-state index in [1.165, 1.54) is 5.56 Å². The van der Waals surface area contributed by atoms with Crippen molar-refractivity contribution < 1.29 is 9.53 Å². The molecule has 134 valence electrons. The van der Waals surface area contributed by atoms with Crippen LogP contribution in [0.1, 0.15) is 23.6 Å². The molecule has 4 nitrogen and oxygen atoms in total. The summed E-state index contributed by atoms with van der Waals surface area (Å²) < 4.78 is 5.43. The number of halogens is 1. The molecular weight excluding hydrogens is 336 g/mol. The lowest BCUT2D eigenvalue weighted by Crippen LogP contribution is -2.33. The summed E-state index contributed by atoms with van der Waals surface area (Å²) >= 11 is 6.01. The van der Waals surface area contributed by atoms with Gasteiger partial charge in [-0.2, -0.15) is 0 Å². The van der Waals surface area contributed by atoms with Crippen LogP contribution < -0.4 is 10.1 Å². The predicted molar refractivity (Wildman–Crippen MR) is 104 cm³/mol. The van der Waals surface area contributed by atoms with Crippen molar-refractivity contribution in [1.82, 2.24) is 4.90 Å². The van der Waals surface area contributed by atoms with E-state index >= 15 is 0 Å². The molecule has 0 fully saturated rings. The number of carbonyl (C=O) groups is 1. The van der Waals surface area contributed by atoms with Crippen LogP contribution in [-0.2, 0) is 11.3 Å². The molecule has 0 aromatic heterocycles. The molecule has 0 radical (unpaired) electrons. The molecule has 0 aliphatic rings. The molecule has 1 N–H and O–H groups in total. The number of amides is 1. The summed E-state index contributed by atoms with van der Waals surface area (Å²) in [5.74, 6) is 0.786. The predicted octanol–water partition coefficient (Wildman–Crippen LogP) is 4.43. The summed E-state index contributed by atoms with van der Waals surface area (Å²) in [6, 6.07) is 11.6. The number of rotatable bonds is 7. The number of carbonyl (C=O) groups excluding carboxylic acids is 1. The summed E-state index contributed by atoms with van der Waals surface area (Å²) in [4.78, 5) is 14.5. The summed E-state index contributed by atoms with van der Waals surface area (Å²) in [6.07, 6.45) is 0. The van der Waals surface area contributed by atoms with E-state index in [-0.39, 0.29) is 5.91 Å². The van der Waals surface area contributed by atoms with E-state index < -0.39 is 0 Å². The first kappa shape index (κ1) is 19.3. The highest BCUT2D eigenvalue weighted by atomic mass is 35.5. The van der Waals surface area contributed by atoms with Crippen LogP contribution in [-0.4, -0.2) is 31.0 Å². The lowest BCUT2D eigenvalue weighted by molar-refractivity contribution is -0.117. The van der Waals surface area contributed by atoms with Gasteiger partial charge < -0.3 is 10.1 Å². The third-order valence-corrected chi connectivity index (χ3v) is 4.35. The van der Waals surface area contributed by atoms with Crippen LogP contribution >= 0.6 is 11.6 Å². The molecule has 2 rings (SSSR count). The van der Waals surface area contributed by atoms with Crippen molar-refractivity contribution in [2.24, 2.45) is 0 Å². The number of likely N-dealkylation sites (N-methyl/N-ethyl adjacent to an activating group) is 1. The average molecular weight is 361 g/mol. The number of methoxy groups -OCH3 is 1. The fourth-order valence-electron chi connectivity index (χ4n) is 2.67. The third kappa shape index (κ3) is 5.48. The van der Waals surface area contributed by atoms with Crippen LogP contribution in [0.5, 0.6) is 5.75 Å². The fourth-order valence-corrected chi connectivity index (χ4v) is 2.85. The Kier molecular flexibility index (Phi) is 6.85. The van der Waals surface area contributed by atoms with Gasteiger partial charge in [-0.05, 0) is 44.2 Å². The van der Waals surface area contributed by atoms with E-state index in [0.717, 1.165) is 29.1 Å². The number of nitrogens with zero attached hydrogens (tertiary/aromatic N) is 1. The minimum Gasteiger partial charge on any atom is -0.496 e. The monoisotopic (exact) mass is 360 g/mol. The third-order valence-electron chi connectivity index (χ3n) is 4.12. The van der Waals surface area contributed by atoms with Crippen molar-refractivity contribution in [3.63, 3.8) is 0 Å². The zero-order valence-corrected chi connectivity index (χ0v) is 16.0. The molecule has 0 aliphatic heterocycles. The van der Waals surface area contributed by atoms with Crippen molar-refractivity contribution in [1.29, 1.82) is 0 Å². The van der Waals surface area contributed by atoms with E-state index in [9.17, 15) is 4.79 Å². The molecule has 0 bridgehead atoms. The first-order valence-corrected chi connectivity index (χ1v) is 8.72. The van der Waals surface area contributed by atoms with Crippen molar-refractivity contribution in [3.05, 3.63) is 58.1 Å². The Hall–Kier alpha value is -2.04. The Labute approximate surface area is 154 Å². The molecule has 2 aromatic rings. The van der Waals surface area contributed by atoms with E-state index in [0.29, 0.717) is 18.1 Å². The lowest BCUT2D eigenvalue weighted by atomic mass is 10.1. The van der Waals surface area contributed by atoms with Gasteiger partial charge in [-0.25, -0.2) is 0 Å². The molecular formula is C20H25ClN2O2. The van der Waals surface area contributed by atoms with Gasteiger partial charge in [0.25, 0.3) is 0 Å². The van der Waals surface area contributed by atoms with Crippen LogP contribution in [0.25, 0.3) is 0 Å². The quantitative estimate of drug-likeness (QED) is 0.794. The molecule has 0 heterocycles. The number of benzene rings is 2. The highest BCUT2D eigenvalue weighted by molar-refractivity contribution is 6.31. The van der Waals surface area contributed by atoms with Crippen LogP contribution in [0.15, 0.2) is 36.4 Å². The molecule has 0 atom stereocenters. The Morgan fingerprint density at radius 1 is 1.20 bits per heavy atom. The molecule has 1 amide bonds. The Morgan fingerprint density at radius 3 is 2.64 bits per heavy atom. The topological polar surface area (TPSA) is 41.6 Å². The second kappa shape index (κ2) is 8.88. The maximum atomic E-state index is 12.4. The highest BCUT2D eigenvalue weighted by Crippen LogP contribution is 2.22. The molecule has 0 unspecified atom stereocenters. The SMILES string of the molecule is CCN(CC(=O)Nc1cc(Cl)ccc1C)Cc1cc(C)ccc1OC. The van der Waals surface area contributed by atoms with E-state index in [4.69, 9.17) is 16.3 Å². The number of aryl methyl sites for hydroxylation is 2. The molecule has 25 heavy (non-hydrogen) atoms. The number of ether oxygens (including phenoxy) is 1. The minimum atomic E-state index is -0.0566. The first-order chi connectivity index (χ1) is 11.9. The average Bonchev–Trinajstić information content (AvgIpc) is 2.57. The van der Waals surface area contributed by atoms with Gasteiger partial charge in [0.1, 0.15) is 5.75 Å². The standard InChI is InChI=1S/C20H25ClN2O2/c1-5-23(12-16-10-14(2)6-9-19(16)25-4)13-20(24)22-18-11-17(21)8-7-15(18)3/h6-11H,5,12-13H2,1-4H3,(H,22,24).